The summed E-state index contributed by atoms with van der Waals surface area (Å²) in [7, 11) is 0. The fraction of sp³-hybridized carbons (Fsp3) is 0.500. The molecular formula is C14H15F3OS. The Morgan fingerprint density at radius 2 is 1.89 bits per heavy atom. The van der Waals surface area contributed by atoms with Gasteiger partial charge in [-0.05, 0) is 24.1 Å². The van der Waals surface area contributed by atoms with Crippen molar-refractivity contribution in [1.82, 2.24) is 0 Å². The van der Waals surface area contributed by atoms with Gasteiger partial charge in [-0.25, -0.2) is 0 Å². The van der Waals surface area contributed by atoms with E-state index in [0.717, 1.165) is 23.7 Å². The lowest BCUT2D eigenvalue weighted by Gasteiger charge is -2.34. The Balaban J connectivity index is 1.97. The van der Waals surface area contributed by atoms with Gasteiger partial charge in [-0.1, -0.05) is 19.1 Å². The molecule has 0 aliphatic heterocycles. The summed E-state index contributed by atoms with van der Waals surface area (Å²) in [6.45, 7) is 1.99. The quantitative estimate of drug-likeness (QED) is 0.763. The van der Waals surface area contributed by atoms with Crippen LogP contribution < -0.4 is 0 Å². The first-order valence-corrected chi connectivity index (χ1v) is 7.21. The first-order valence-electron chi connectivity index (χ1n) is 6.23. The summed E-state index contributed by atoms with van der Waals surface area (Å²) >= 11 is 0.789. The molecule has 0 N–H and O–H groups in total. The zero-order valence-electron chi connectivity index (χ0n) is 10.5. The second-order valence-corrected chi connectivity index (χ2v) is 5.81. The highest BCUT2D eigenvalue weighted by atomic mass is 32.2. The third-order valence-electron chi connectivity index (χ3n) is 3.47. The average Bonchev–Trinajstić information content (AvgIpc) is 2.34. The van der Waals surface area contributed by atoms with E-state index < -0.39 is 11.9 Å². The topological polar surface area (TPSA) is 17.1 Å². The lowest BCUT2D eigenvalue weighted by Crippen LogP contribution is -2.34. The van der Waals surface area contributed by atoms with Gasteiger partial charge in [-0.15, -0.1) is 11.8 Å². The summed E-state index contributed by atoms with van der Waals surface area (Å²) in [5.74, 6) is -0.234. The first-order chi connectivity index (χ1) is 8.90. The second-order valence-electron chi connectivity index (χ2n) is 4.76. The summed E-state index contributed by atoms with van der Waals surface area (Å²) in [5, 5.41) is 0. The summed E-state index contributed by atoms with van der Waals surface area (Å²) in [6, 6.07) is 7.11. The molecule has 0 spiro atoms. The molecular weight excluding hydrogens is 273 g/mol. The number of halogens is 3. The van der Waals surface area contributed by atoms with Gasteiger partial charge in [-0.3, -0.25) is 4.79 Å². The van der Waals surface area contributed by atoms with Gasteiger partial charge >= 0.3 is 6.18 Å². The van der Waals surface area contributed by atoms with Crippen molar-refractivity contribution in [3.8, 4) is 0 Å². The van der Waals surface area contributed by atoms with Crippen molar-refractivity contribution in [2.24, 2.45) is 5.92 Å². The van der Waals surface area contributed by atoms with Gasteiger partial charge in [0.1, 0.15) is 5.78 Å². The summed E-state index contributed by atoms with van der Waals surface area (Å²) < 4.78 is 36.3. The highest BCUT2D eigenvalue weighted by Crippen LogP contribution is 2.41. The largest absolute Gasteiger partial charge is 0.398 e. The van der Waals surface area contributed by atoms with E-state index in [1.165, 1.54) is 0 Å². The number of thioether (sulfide) groups is 1. The number of benzene rings is 1. The van der Waals surface area contributed by atoms with E-state index >= 15 is 0 Å². The van der Waals surface area contributed by atoms with E-state index in [4.69, 9.17) is 0 Å². The molecule has 1 aliphatic rings. The van der Waals surface area contributed by atoms with E-state index in [1.54, 1.807) is 12.1 Å². The number of hydrogen-bond acceptors (Lipinski definition) is 2. The van der Waals surface area contributed by atoms with E-state index in [0.29, 0.717) is 17.1 Å². The number of Topliss-reactive ketones (excluding diaryl/α,β-unsaturated/α-hetero) is 1. The molecule has 1 saturated carbocycles. The summed E-state index contributed by atoms with van der Waals surface area (Å²) in [5.41, 5.74) is 1.06. The molecule has 104 valence electrons. The van der Waals surface area contributed by atoms with E-state index in [2.05, 4.69) is 0 Å². The van der Waals surface area contributed by atoms with Crippen LogP contribution in [0.25, 0.3) is 0 Å². The van der Waals surface area contributed by atoms with Crippen molar-refractivity contribution in [3.05, 3.63) is 29.8 Å². The molecule has 0 bridgehead atoms. The number of carbonyl (C=O) groups is 1. The maximum absolute atomic E-state index is 12.1. The van der Waals surface area contributed by atoms with Crippen LogP contribution in [0.3, 0.4) is 0 Å². The van der Waals surface area contributed by atoms with Gasteiger partial charge in [0.15, 0.2) is 0 Å². The third-order valence-corrected chi connectivity index (χ3v) is 4.55. The number of carbonyl (C=O) groups excluding carboxylic acids is 1. The molecule has 1 aromatic carbocycles. The van der Waals surface area contributed by atoms with Crippen LogP contribution in [0.15, 0.2) is 29.2 Å². The van der Waals surface area contributed by atoms with E-state index in [-0.39, 0.29) is 11.8 Å². The van der Waals surface area contributed by atoms with E-state index in [9.17, 15) is 18.0 Å². The second kappa shape index (κ2) is 5.57. The molecule has 0 amide bonds. The Morgan fingerprint density at radius 3 is 2.37 bits per heavy atom. The van der Waals surface area contributed by atoms with Crippen LogP contribution in [-0.4, -0.2) is 17.7 Å². The molecule has 2 rings (SSSR count). The maximum Gasteiger partial charge on any atom is 0.398 e. The molecule has 1 aliphatic carbocycles. The van der Waals surface area contributed by atoms with Gasteiger partial charge in [0.05, 0.1) is 5.75 Å². The number of ketones is 1. The lowest BCUT2D eigenvalue weighted by atomic mass is 9.68. The van der Waals surface area contributed by atoms with Gasteiger partial charge in [0.25, 0.3) is 0 Å². The van der Waals surface area contributed by atoms with Gasteiger partial charge in [0.2, 0.25) is 0 Å². The predicted octanol–water partition coefficient (Wildman–Crippen LogP) is 4.42. The Bertz CT molecular complexity index is 453. The molecule has 2 unspecified atom stereocenters. The minimum atomic E-state index is -4.14. The summed E-state index contributed by atoms with van der Waals surface area (Å²) in [6.07, 6.45) is -2.75. The number of rotatable bonds is 4. The van der Waals surface area contributed by atoms with Gasteiger partial charge in [0, 0.05) is 23.2 Å². The molecule has 1 fully saturated rings. The van der Waals surface area contributed by atoms with Gasteiger partial charge in [-0.2, -0.15) is 13.2 Å². The standard InChI is InChI=1S/C14H15F3OS/c1-2-11-12(7-13(11)18)9-3-5-10(6-4-9)19-8-14(15,16)17/h3-6,11-12H,2,7-8H2,1H3. The maximum atomic E-state index is 12.1. The van der Waals surface area contributed by atoms with Crippen LogP contribution in [0.5, 0.6) is 0 Å². The zero-order chi connectivity index (χ0) is 14.0. The van der Waals surface area contributed by atoms with Crippen molar-refractivity contribution in [2.45, 2.75) is 36.8 Å². The van der Waals surface area contributed by atoms with Crippen LogP contribution in [0.2, 0.25) is 0 Å². The number of hydrogen-bond donors (Lipinski definition) is 0. The highest BCUT2D eigenvalue weighted by Gasteiger charge is 2.38. The van der Waals surface area contributed by atoms with Crippen molar-refractivity contribution >= 4 is 17.5 Å². The third kappa shape index (κ3) is 3.53. The van der Waals surface area contributed by atoms with E-state index in [1.807, 2.05) is 19.1 Å². The zero-order valence-corrected chi connectivity index (χ0v) is 11.4. The molecule has 0 aromatic heterocycles. The fourth-order valence-corrected chi connectivity index (χ4v) is 3.07. The lowest BCUT2D eigenvalue weighted by molar-refractivity contribution is -0.131. The van der Waals surface area contributed by atoms with Crippen LogP contribution in [-0.2, 0) is 4.79 Å². The average molecular weight is 288 g/mol. The molecule has 1 nitrogen and oxygen atoms in total. The Hall–Kier alpha value is -0.970. The molecule has 0 radical (unpaired) electrons. The van der Waals surface area contributed by atoms with Crippen LogP contribution >= 0.6 is 11.8 Å². The Kier molecular flexibility index (Phi) is 4.23. The fourth-order valence-electron chi connectivity index (χ4n) is 2.41. The van der Waals surface area contributed by atoms with Gasteiger partial charge < -0.3 is 0 Å². The summed E-state index contributed by atoms with van der Waals surface area (Å²) in [4.78, 5) is 12.0. The minimum absolute atomic E-state index is 0.0914. The molecule has 2 atom stereocenters. The number of alkyl halides is 3. The smallest absolute Gasteiger partial charge is 0.299 e. The van der Waals surface area contributed by atoms with Crippen LogP contribution in [0.4, 0.5) is 13.2 Å². The molecule has 19 heavy (non-hydrogen) atoms. The Labute approximate surface area is 114 Å². The molecule has 0 saturated heterocycles. The van der Waals surface area contributed by atoms with Crippen molar-refractivity contribution in [2.75, 3.05) is 5.75 Å². The minimum Gasteiger partial charge on any atom is -0.299 e. The van der Waals surface area contributed by atoms with Crippen LogP contribution in [0, 0.1) is 5.92 Å². The van der Waals surface area contributed by atoms with Crippen molar-refractivity contribution < 1.29 is 18.0 Å². The SMILES string of the molecule is CCC1C(=O)CC1c1ccc(SCC(F)(F)F)cc1. The van der Waals surface area contributed by atoms with Crippen LogP contribution in [0.1, 0.15) is 31.2 Å². The molecule has 5 heteroatoms. The highest BCUT2D eigenvalue weighted by molar-refractivity contribution is 7.99. The Morgan fingerprint density at radius 1 is 1.26 bits per heavy atom. The molecule has 1 aromatic rings. The normalized spacial score (nSPS) is 23.3. The molecule has 0 heterocycles. The van der Waals surface area contributed by atoms with Crippen molar-refractivity contribution in [3.63, 3.8) is 0 Å². The monoisotopic (exact) mass is 288 g/mol. The predicted molar refractivity (Wildman–Crippen MR) is 69.4 cm³/mol. The van der Waals surface area contributed by atoms with Crippen molar-refractivity contribution in [1.29, 1.82) is 0 Å². The first kappa shape index (κ1) is 14.4.